The van der Waals surface area contributed by atoms with Crippen molar-refractivity contribution in [1.29, 1.82) is 0 Å². The molecule has 108 valence electrons. The summed E-state index contributed by atoms with van der Waals surface area (Å²) in [6.07, 6.45) is -4.00. The highest BCUT2D eigenvalue weighted by molar-refractivity contribution is 7.08. The lowest BCUT2D eigenvalue weighted by molar-refractivity contribution is -0.137. The first-order chi connectivity index (χ1) is 9.41. The Morgan fingerprint density at radius 1 is 1.35 bits per heavy atom. The molecule has 2 heterocycles. The normalized spacial score (nSPS) is 11.6. The zero-order chi connectivity index (χ0) is 14.8. The number of halogens is 3. The average molecular weight is 305 g/mol. The smallest absolute Gasteiger partial charge is 0.417 e. The van der Waals surface area contributed by atoms with Crippen LogP contribution in [0, 0.1) is 0 Å². The average Bonchev–Trinajstić information content (AvgIpc) is 3.03. The Kier molecular flexibility index (Phi) is 4.07. The fourth-order valence-corrected chi connectivity index (χ4v) is 2.28. The molecular weight excluding hydrogens is 295 g/mol. The fourth-order valence-electron chi connectivity index (χ4n) is 1.45. The van der Waals surface area contributed by atoms with Crippen molar-refractivity contribution in [3.63, 3.8) is 0 Å². The van der Waals surface area contributed by atoms with Gasteiger partial charge in [-0.1, -0.05) is 6.92 Å². The largest absolute Gasteiger partial charge is 0.423 e. The molecule has 2 aromatic heterocycles. The van der Waals surface area contributed by atoms with Crippen LogP contribution in [-0.4, -0.2) is 16.1 Å². The van der Waals surface area contributed by atoms with Crippen molar-refractivity contribution in [2.45, 2.75) is 26.1 Å². The van der Waals surface area contributed by atoms with E-state index in [-0.39, 0.29) is 12.4 Å². The zero-order valence-electron chi connectivity index (χ0n) is 10.3. The third-order valence-corrected chi connectivity index (χ3v) is 3.17. The minimum absolute atomic E-state index is 0.112. The highest BCUT2D eigenvalue weighted by atomic mass is 32.1. The summed E-state index contributed by atoms with van der Waals surface area (Å²) in [6, 6.07) is 0. The van der Waals surface area contributed by atoms with E-state index in [1.165, 1.54) is 0 Å². The van der Waals surface area contributed by atoms with Crippen LogP contribution in [0.3, 0.4) is 0 Å². The zero-order valence-corrected chi connectivity index (χ0v) is 11.1. The summed E-state index contributed by atoms with van der Waals surface area (Å²) < 4.78 is 43.1. The molecule has 0 saturated heterocycles. The Morgan fingerprint density at radius 3 is 2.65 bits per heavy atom. The van der Waals surface area contributed by atoms with E-state index >= 15 is 0 Å². The maximum Gasteiger partial charge on any atom is 0.417 e. The van der Waals surface area contributed by atoms with Gasteiger partial charge in [-0.2, -0.15) is 24.5 Å². The molecule has 2 rings (SSSR count). The fraction of sp³-hybridized carbons (Fsp3) is 0.364. The van der Waals surface area contributed by atoms with Crippen LogP contribution in [0.5, 0.6) is 0 Å². The van der Waals surface area contributed by atoms with Gasteiger partial charge in [-0.05, 0) is 0 Å². The molecule has 2 aromatic rings. The Morgan fingerprint density at radius 2 is 2.05 bits per heavy atom. The summed E-state index contributed by atoms with van der Waals surface area (Å²) >= 11 is 0.819. The molecule has 1 N–H and O–H groups in total. The highest BCUT2D eigenvalue weighted by Gasteiger charge is 2.36. The molecule has 0 aromatic carbocycles. The molecule has 0 spiro atoms. The van der Waals surface area contributed by atoms with Crippen LogP contribution in [0.15, 0.2) is 15.2 Å². The van der Waals surface area contributed by atoms with Crippen molar-refractivity contribution in [3.8, 4) is 0 Å². The minimum atomic E-state index is -4.55. The molecule has 0 aliphatic heterocycles. The summed E-state index contributed by atoms with van der Waals surface area (Å²) in [4.78, 5) is 11.7. The van der Waals surface area contributed by atoms with Crippen LogP contribution in [0.2, 0.25) is 0 Å². The summed E-state index contributed by atoms with van der Waals surface area (Å²) in [6.45, 7) is 1.70. The van der Waals surface area contributed by atoms with E-state index in [0.717, 1.165) is 22.1 Å². The molecular formula is C11H10F3N3O2S. The lowest BCUT2D eigenvalue weighted by atomic mass is 10.2. The number of rotatable bonds is 4. The summed E-state index contributed by atoms with van der Waals surface area (Å²) in [5.74, 6) is -0.269. The van der Waals surface area contributed by atoms with Crippen LogP contribution in [0.4, 0.5) is 13.2 Å². The number of hydrogen-bond acceptors (Lipinski definition) is 5. The van der Waals surface area contributed by atoms with Gasteiger partial charge in [-0.25, -0.2) is 0 Å². The second-order valence-electron chi connectivity index (χ2n) is 3.82. The van der Waals surface area contributed by atoms with Crippen molar-refractivity contribution in [2.24, 2.45) is 0 Å². The van der Waals surface area contributed by atoms with Crippen molar-refractivity contribution >= 4 is 17.2 Å². The topological polar surface area (TPSA) is 68.0 Å². The standard InChI is InChI=1S/C11H10F3N3O2S/c1-2-8-16-17-9(19-8)3-15-10(18)6-4-20-5-7(6)11(12,13)14/h4-5H,2-3H2,1H3,(H,15,18). The van der Waals surface area contributed by atoms with Gasteiger partial charge >= 0.3 is 6.18 Å². The van der Waals surface area contributed by atoms with Gasteiger partial charge in [0.05, 0.1) is 17.7 Å². The number of carbonyl (C=O) groups excluding carboxylic acids is 1. The Bertz CT molecular complexity index is 606. The third-order valence-electron chi connectivity index (χ3n) is 2.42. The van der Waals surface area contributed by atoms with Crippen LogP contribution < -0.4 is 5.32 Å². The summed E-state index contributed by atoms with van der Waals surface area (Å²) in [5, 5.41) is 11.7. The number of alkyl halides is 3. The number of amides is 1. The van der Waals surface area contributed by atoms with Gasteiger partial charge in [-0.3, -0.25) is 4.79 Å². The van der Waals surface area contributed by atoms with Crippen LogP contribution in [0.25, 0.3) is 0 Å². The maximum atomic E-state index is 12.6. The van der Waals surface area contributed by atoms with Gasteiger partial charge in [0.25, 0.3) is 5.91 Å². The molecule has 0 radical (unpaired) electrons. The Hall–Kier alpha value is -1.90. The number of carbonyl (C=O) groups is 1. The first-order valence-corrected chi connectivity index (χ1v) is 6.59. The number of hydrogen-bond donors (Lipinski definition) is 1. The van der Waals surface area contributed by atoms with Crippen LogP contribution in [0.1, 0.15) is 34.6 Å². The molecule has 0 saturated carbocycles. The van der Waals surface area contributed by atoms with E-state index in [1.807, 2.05) is 6.92 Å². The van der Waals surface area contributed by atoms with Crippen molar-refractivity contribution < 1.29 is 22.4 Å². The SMILES string of the molecule is CCc1nnc(CNC(=O)c2cscc2C(F)(F)F)o1. The van der Waals surface area contributed by atoms with Gasteiger partial charge in [-0.15, -0.1) is 10.2 Å². The van der Waals surface area contributed by atoms with E-state index in [4.69, 9.17) is 4.42 Å². The second-order valence-corrected chi connectivity index (χ2v) is 4.57. The lowest BCUT2D eigenvalue weighted by Gasteiger charge is -2.07. The number of nitrogens with one attached hydrogen (secondary N) is 1. The molecule has 0 fully saturated rings. The highest BCUT2D eigenvalue weighted by Crippen LogP contribution is 2.34. The number of nitrogens with zero attached hydrogens (tertiary/aromatic N) is 2. The summed E-state index contributed by atoms with van der Waals surface area (Å²) in [5.41, 5.74) is -1.35. The monoisotopic (exact) mass is 305 g/mol. The van der Waals surface area contributed by atoms with Crippen LogP contribution in [-0.2, 0) is 19.1 Å². The summed E-state index contributed by atoms with van der Waals surface area (Å²) in [7, 11) is 0. The minimum Gasteiger partial charge on any atom is -0.423 e. The van der Waals surface area contributed by atoms with E-state index in [1.54, 1.807) is 0 Å². The van der Waals surface area contributed by atoms with Gasteiger partial charge in [0.15, 0.2) is 0 Å². The van der Waals surface area contributed by atoms with Crippen molar-refractivity contribution in [2.75, 3.05) is 0 Å². The van der Waals surface area contributed by atoms with Gasteiger partial charge in [0.2, 0.25) is 11.8 Å². The maximum absolute atomic E-state index is 12.6. The van der Waals surface area contributed by atoms with E-state index in [2.05, 4.69) is 15.5 Å². The molecule has 9 heteroatoms. The molecule has 0 atom stereocenters. The van der Waals surface area contributed by atoms with E-state index in [9.17, 15) is 18.0 Å². The van der Waals surface area contributed by atoms with E-state index < -0.39 is 23.2 Å². The molecule has 0 aliphatic rings. The number of aromatic nitrogens is 2. The molecule has 5 nitrogen and oxygen atoms in total. The Balaban J connectivity index is 2.04. The predicted octanol–water partition coefficient (Wildman–Crippen LogP) is 2.64. The molecule has 0 aliphatic carbocycles. The lowest BCUT2D eigenvalue weighted by Crippen LogP contribution is -2.25. The predicted molar refractivity (Wildman–Crippen MR) is 64.2 cm³/mol. The molecule has 0 unspecified atom stereocenters. The van der Waals surface area contributed by atoms with Crippen molar-refractivity contribution in [3.05, 3.63) is 33.7 Å². The first-order valence-electron chi connectivity index (χ1n) is 5.64. The van der Waals surface area contributed by atoms with E-state index in [0.29, 0.717) is 12.3 Å². The van der Waals surface area contributed by atoms with Gasteiger partial charge < -0.3 is 9.73 Å². The Labute approximate surface area is 115 Å². The third kappa shape index (κ3) is 3.16. The van der Waals surface area contributed by atoms with Crippen LogP contribution >= 0.6 is 11.3 Å². The van der Waals surface area contributed by atoms with Gasteiger partial charge in [0.1, 0.15) is 0 Å². The number of thiophene rings is 1. The molecule has 0 bridgehead atoms. The van der Waals surface area contributed by atoms with Gasteiger partial charge in [0, 0.05) is 17.2 Å². The number of aryl methyl sites for hydroxylation is 1. The quantitative estimate of drug-likeness (QED) is 0.943. The first kappa shape index (κ1) is 14.5. The second kappa shape index (κ2) is 5.61. The molecule has 1 amide bonds. The molecule has 20 heavy (non-hydrogen) atoms. The van der Waals surface area contributed by atoms with Crippen molar-refractivity contribution in [1.82, 2.24) is 15.5 Å².